The zero-order chi connectivity index (χ0) is 14.4. The van der Waals surface area contributed by atoms with E-state index in [1.807, 2.05) is 44.2 Å². The zero-order valence-electron chi connectivity index (χ0n) is 11.4. The molecule has 2 amide bonds. The van der Waals surface area contributed by atoms with Crippen LogP contribution in [-0.2, 0) is 16.0 Å². The Morgan fingerprint density at radius 2 is 1.79 bits per heavy atom. The molecule has 0 saturated heterocycles. The second-order valence-corrected chi connectivity index (χ2v) is 4.82. The minimum atomic E-state index is -0.663. The van der Waals surface area contributed by atoms with E-state index in [0.717, 1.165) is 5.56 Å². The van der Waals surface area contributed by atoms with Crippen LogP contribution in [0.4, 0.5) is 0 Å². The maximum Gasteiger partial charge on any atom is 0.240 e. The Balaban J connectivity index is 2.71. The molecule has 0 aliphatic heterocycles. The van der Waals surface area contributed by atoms with Crippen LogP contribution in [0.1, 0.15) is 19.4 Å². The summed E-state index contributed by atoms with van der Waals surface area (Å²) in [5, 5.41) is 0. The number of nitrogens with zero attached hydrogens (tertiary/aromatic N) is 1. The van der Waals surface area contributed by atoms with Gasteiger partial charge >= 0.3 is 0 Å². The Labute approximate surface area is 113 Å². The highest BCUT2D eigenvalue weighted by molar-refractivity contribution is 5.87. The number of amides is 2. The first kappa shape index (κ1) is 15.2. The topological polar surface area (TPSA) is 89.4 Å². The number of benzene rings is 1. The molecule has 5 heteroatoms. The molecule has 0 aromatic heterocycles. The Morgan fingerprint density at radius 3 is 2.26 bits per heavy atom. The van der Waals surface area contributed by atoms with Crippen LogP contribution < -0.4 is 11.5 Å². The van der Waals surface area contributed by atoms with Crippen molar-refractivity contribution in [3.63, 3.8) is 0 Å². The molecule has 1 unspecified atom stereocenters. The Bertz CT molecular complexity index is 432. The molecule has 1 atom stereocenters. The molecule has 0 radical (unpaired) electrons. The van der Waals surface area contributed by atoms with Crippen molar-refractivity contribution in [2.75, 3.05) is 6.54 Å². The van der Waals surface area contributed by atoms with Gasteiger partial charge in [-0.1, -0.05) is 30.3 Å². The van der Waals surface area contributed by atoms with Crippen molar-refractivity contribution in [2.45, 2.75) is 32.4 Å². The number of primary amides is 1. The summed E-state index contributed by atoms with van der Waals surface area (Å²) in [6, 6.07) is 8.77. The second kappa shape index (κ2) is 6.89. The fraction of sp³-hybridized carbons (Fsp3) is 0.429. The third kappa shape index (κ3) is 4.71. The predicted octanol–water partition coefficient (Wildman–Crippen LogP) is 0.279. The maximum absolute atomic E-state index is 12.2. The van der Waals surface area contributed by atoms with Gasteiger partial charge in [0, 0.05) is 6.04 Å². The van der Waals surface area contributed by atoms with Gasteiger partial charge in [0.2, 0.25) is 11.8 Å². The van der Waals surface area contributed by atoms with Crippen LogP contribution in [-0.4, -0.2) is 35.3 Å². The lowest BCUT2D eigenvalue weighted by atomic mass is 10.1. The largest absolute Gasteiger partial charge is 0.368 e. The number of hydrogen-bond acceptors (Lipinski definition) is 3. The number of carbonyl (C=O) groups is 2. The molecule has 0 fully saturated rings. The SMILES string of the molecule is CC(C)N(CC(N)=O)C(=O)C(N)Cc1ccccc1. The molecule has 0 spiro atoms. The van der Waals surface area contributed by atoms with Gasteiger partial charge in [-0.25, -0.2) is 0 Å². The van der Waals surface area contributed by atoms with Crippen molar-refractivity contribution >= 4 is 11.8 Å². The Morgan fingerprint density at radius 1 is 1.21 bits per heavy atom. The van der Waals surface area contributed by atoms with E-state index in [9.17, 15) is 9.59 Å². The molecule has 19 heavy (non-hydrogen) atoms. The molecule has 1 rings (SSSR count). The van der Waals surface area contributed by atoms with Gasteiger partial charge < -0.3 is 16.4 Å². The lowest BCUT2D eigenvalue weighted by molar-refractivity contribution is -0.138. The lowest BCUT2D eigenvalue weighted by Gasteiger charge is -2.28. The van der Waals surface area contributed by atoms with E-state index in [1.165, 1.54) is 4.90 Å². The van der Waals surface area contributed by atoms with Gasteiger partial charge in [-0.05, 0) is 25.8 Å². The molecule has 4 N–H and O–H groups in total. The Hall–Kier alpha value is -1.88. The molecule has 0 heterocycles. The van der Waals surface area contributed by atoms with Gasteiger partial charge in [-0.15, -0.1) is 0 Å². The van der Waals surface area contributed by atoms with Gasteiger partial charge in [0.05, 0.1) is 12.6 Å². The molecule has 104 valence electrons. The Kier molecular flexibility index (Phi) is 5.51. The average molecular weight is 263 g/mol. The van der Waals surface area contributed by atoms with Crippen molar-refractivity contribution < 1.29 is 9.59 Å². The van der Waals surface area contributed by atoms with Crippen LogP contribution in [0.15, 0.2) is 30.3 Å². The number of carbonyl (C=O) groups excluding carboxylic acids is 2. The normalized spacial score (nSPS) is 12.2. The highest BCUT2D eigenvalue weighted by atomic mass is 16.2. The van der Waals surface area contributed by atoms with E-state index in [-0.39, 0.29) is 18.5 Å². The first-order chi connectivity index (χ1) is 8.91. The number of rotatable bonds is 6. The number of hydrogen-bond donors (Lipinski definition) is 2. The zero-order valence-corrected chi connectivity index (χ0v) is 11.4. The smallest absolute Gasteiger partial charge is 0.240 e. The van der Waals surface area contributed by atoms with Crippen molar-refractivity contribution in [3.05, 3.63) is 35.9 Å². The molecular formula is C14H21N3O2. The van der Waals surface area contributed by atoms with Gasteiger partial charge in [-0.2, -0.15) is 0 Å². The van der Waals surface area contributed by atoms with E-state index in [4.69, 9.17) is 11.5 Å². The summed E-state index contributed by atoms with van der Waals surface area (Å²) >= 11 is 0. The van der Waals surface area contributed by atoms with Gasteiger partial charge in [-0.3, -0.25) is 9.59 Å². The maximum atomic E-state index is 12.2. The number of nitrogens with two attached hydrogens (primary N) is 2. The molecule has 0 bridgehead atoms. The van der Waals surface area contributed by atoms with Gasteiger partial charge in [0.15, 0.2) is 0 Å². The molecular weight excluding hydrogens is 242 g/mol. The predicted molar refractivity (Wildman–Crippen MR) is 74.2 cm³/mol. The first-order valence-corrected chi connectivity index (χ1v) is 6.30. The van der Waals surface area contributed by atoms with Crippen LogP contribution in [0, 0.1) is 0 Å². The van der Waals surface area contributed by atoms with E-state index < -0.39 is 11.9 Å². The van der Waals surface area contributed by atoms with Crippen LogP contribution in [0.5, 0.6) is 0 Å². The third-order valence-corrected chi connectivity index (χ3v) is 2.85. The van der Waals surface area contributed by atoms with E-state index >= 15 is 0 Å². The standard InChI is InChI=1S/C14H21N3O2/c1-10(2)17(9-13(16)18)14(19)12(15)8-11-6-4-3-5-7-11/h3-7,10,12H,8-9,15H2,1-2H3,(H2,16,18). The molecule has 0 saturated carbocycles. The summed E-state index contributed by atoms with van der Waals surface area (Å²) in [4.78, 5) is 24.6. The minimum absolute atomic E-state index is 0.0982. The average Bonchev–Trinajstić information content (AvgIpc) is 2.35. The molecule has 0 aliphatic carbocycles. The molecule has 0 aliphatic rings. The molecule has 1 aromatic rings. The van der Waals surface area contributed by atoms with E-state index in [0.29, 0.717) is 6.42 Å². The van der Waals surface area contributed by atoms with Gasteiger partial charge in [0.25, 0.3) is 0 Å². The second-order valence-electron chi connectivity index (χ2n) is 4.82. The van der Waals surface area contributed by atoms with Crippen molar-refractivity contribution in [3.8, 4) is 0 Å². The fourth-order valence-electron chi connectivity index (χ4n) is 1.85. The van der Waals surface area contributed by atoms with Crippen LogP contribution in [0.25, 0.3) is 0 Å². The minimum Gasteiger partial charge on any atom is -0.368 e. The highest BCUT2D eigenvalue weighted by Gasteiger charge is 2.24. The summed E-state index contributed by atoms with van der Waals surface area (Å²) < 4.78 is 0. The monoisotopic (exact) mass is 263 g/mol. The van der Waals surface area contributed by atoms with Crippen molar-refractivity contribution in [1.29, 1.82) is 0 Å². The fourth-order valence-corrected chi connectivity index (χ4v) is 1.85. The van der Waals surface area contributed by atoms with E-state index in [2.05, 4.69) is 0 Å². The summed E-state index contributed by atoms with van der Waals surface area (Å²) in [6.45, 7) is 3.56. The van der Waals surface area contributed by atoms with Crippen LogP contribution in [0.3, 0.4) is 0 Å². The summed E-state index contributed by atoms with van der Waals surface area (Å²) in [7, 11) is 0. The van der Waals surface area contributed by atoms with Crippen LogP contribution >= 0.6 is 0 Å². The summed E-state index contributed by atoms with van der Waals surface area (Å²) in [5.74, 6) is -0.786. The lowest BCUT2D eigenvalue weighted by Crippen LogP contribution is -2.50. The third-order valence-electron chi connectivity index (χ3n) is 2.85. The quantitative estimate of drug-likeness (QED) is 0.772. The molecule has 1 aromatic carbocycles. The first-order valence-electron chi connectivity index (χ1n) is 6.30. The van der Waals surface area contributed by atoms with Crippen molar-refractivity contribution in [1.82, 2.24) is 4.90 Å². The summed E-state index contributed by atoms with van der Waals surface area (Å²) in [6.07, 6.45) is 0.446. The van der Waals surface area contributed by atoms with Crippen LogP contribution in [0.2, 0.25) is 0 Å². The van der Waals surface area contributed by atoms with E-state index in [1.54, 1.807) is 0 Å². The summed E-state index contributed by atoms with van der Waals surface area (Å²) in [5.41, 5.74) is 12.1. The van der Waals surface area contributed by atoms with Crippen molar-refractivity contribution in [2.24, 2.45) is 11.5 Å². The van der Waals surface area contributed by atoms with Gasteiger partial charge in [0.1, 0.15) is 0 Å². The molecule has 5 nitrogen and oxygen atoms in total. The highest BCUT2D eigenvalue weighted by Crippen LogP contribution is 2.06.